The van der Waals surface area contributed by atoms with Crippen molar-refractivity contribution in [2.75, 3.05) is 7.05 Å². The van der Waals surface area contributed by atoms with Crippen molar-refractivity contribution in [2.24, 2.45) is 17.3 Å². The lowest BCUT2D eigenvalue weighted by atomic mass is 9.47. The second-order valence-electron chi connectivity index (χ2n) is 8.06. The van der Waals surface area contributed by atoms with Gasteiger partial charge in [-0.15, -0.1) is 0 Å². The van der Waals surface area contributed by atoms with E-state index in [4.69, 9.17) is 4.74 Å². The molecule has 4 bridgehead atoms. The number of hydrogen-bond acceptors (Lipinski definition) is 5. The van der Waals surface area contributed by atoms with Gasteiger partial charge in [0.2, 0.25) is 0 Å². The normalized spacial score (nSPS) is 37.6. The van der Waals surface area contributed by atoms with Crippen LogP contribution in [0.3, 0.4) is 0 Å². The first-order chi connectivity index (χ1) is 11.2. The van der Waals surface area contributed by atoms with Gasteiger partial charge < -0.3 is 15.2 Å². The van der Waals surface area contributed by atoms with Crippen LogP contribution in [0.15, 0.2) is 0 Å². The summed E-state index contributed by atoms with van der Waals surface area (Å²) < 4.78 is 5.22. The van der Waals surface area contributed by atoms with E-state index in [-0.39, 0.29) is 11.8 Å². The minimum absolute atomic E-state index is 0.188. The van der Waals surface area contributed by atoms with Crippen LogP contribution in [0.25, 0.3) is 0 Å². The molecule has 0 radical (unpaired) electrons. The lowest BCUT2D eigenvalue weighted by molar-refractivity contribution is -0.180. The van der Waals surface area contributed by atoms with Crippen LogP contribution in [0.2, 0.25) is 0 Å². The molecule has 134 valence electrons. The summed E-state index contributed by atoms with van der Waals surface area (Å²) in [5.41, 5.74) is -0.806. The molecule has 4 saturated carbocycles. The molecule has 0 spiro atoms. The number of amides is 3. The molecular weight excluding hydrogens is 312 g/mol. The van der Waals surface area contributed by atoms with Gasteiger partial charge in [-0.1, -0.05) is 0 Å². The van der Waals surface area contributed by atoms with Gasteiger partial charge in [0.15, 0.2) is 6.10 Å². The molecule has 4 fully saturated rings. The van der Waals surface area contributed by atoms with Gasteiger partial charge in [0.05, 0.1) is 12.0 Å². The summed E-state index contributed by atoms with van der Waals surface area (Å²) in [5, 5.41) is 15.1. The highest BCUT2D eigenvalue weighted by Gasteiger charge is 2.57. The number of hydrogen-bond donors (Lipinski definition) is 3. The van der Waals surface area contributed by atoms with E-state index >= 15 is 0 Å². The predicted octanol–water partition coefficient (Wildman–Crippen LogP) is 1.10. The van der Waals surface area contributed by atoms with Crippen LogP contribution in [0.4, 0.5) is 4.79 Å². The number of urea groups is 1. The first-order valence-corrected chi connectivity index (χ1v) is 8.67. The third-order valence-electron chi connectivity index (χ3n) is 5.81. The quantitative estimate of drug-likeness (QED) is 0.666. The summed E-state index contributed by atoms with van der Waals surface area (Å²) >= 11 is 0. The van der Waals surface area contributed by atoms with E-state index in [1.807, 2.05) is 0 Å². The Balaban J connectivity index is 1.57. The number of ether oxygens (including phenoxy) is 1. The SMILES string of the molecule is CNC(=O)NC(=O)[C@H](C)OC(=O)CC12C[C@@H]3C[C@@H](CC(O)(C3)C1)C2. The van der Waals surface area contributed by atoms with E-state index in [0.717, 1.165) is 32.1 Å². The van der Waals surface area contributed by atoms with Crippen LogP contribution in [-0.4, -0.2) is 41.8 Å². The molecule has 4 rings (SSSR count). The fourth-order valence-electron chi connectivity index (χ4n) is 5.48. The van der Waals surface area contributed by atoms with Crippen molar-refractivity contribution in [2.45, 2.75) is 63.6 Å². The molecule has 3 amide bonds. The zero-order valence-electron chi connectivity index (χ0n) is 14.3. The maximum atomic E-state index is 12.3. The topological polar surface area (TPSA) is 105 Å². The third-order valence-corrected chi connectivity index (χ3v) is 5.81. The standard InChI is InChI=1S/C17H26N2O5/c1-10(14(21)19-15(22)18-2)24-13(20)8-16-4-11-3-12(5-16)7-17(23,6-11)9-16/h10-12,23H,3-9H2,1-2H3,(H2,18,19,21,22)/t10-,11-,12+,16?,17?/m0/s1. The van der Waals surface area contributed by atoms with E-state index in [1.165, 1.54) is 14.0 Å². The molecule has 4 aliphatic rings. The number of nitrogens with one attached hydrogen (secondary N) is 2. The van der Waals surface area contributed by atoms with Gasteiger partial charge in [0.25, 0.3) is 5.91 Å². The van der Waals surface area contributed by atoms with Crippen molar-refractivity contribution < 1.29 is 24.2 Å². The Morgan fingerprint density at radius 2 is 1.83 bits per heavy atom. The fourth-order valence-corrected chi connectivity index (χ4v) is 5.48. The van der Waals surface area contributed by atoms with Crippen LogP contribution in [0.5, 0.6) is 0 Å². The molecule has 24 heavy (non-hydrogen) atoms. The van der Waals surface area contributed by atoms with Gasteiger partial charge in [-0.3, -0.25) is 14.9 Å². The zero-order valence-corrected chi connectivity index (χ0v) is 14.3. The highest BCUT2D eigenvalue weighted by Crippen LogP contribution is 2.62. The maximum Gasteiger partial charge on any atom is 0.321 e. The molecule has 0 aliphatic heterocycles. The van der Waals surface area contributed by atoms with Gasteiger partial charge in [-0.25, -0.2) is 4.79 Å². The lowest BCUT2D eigenvalue weighted by Crippen LogP contribution is -2.56. The highest BCUT2D eigenvalue weighted by atomic mass is 16.5. The molecular formula is C17H26N2O5. The molecule has 4 aliphatic carbocycles. The molecule has 0 aromatic carbocycles. The number of esters is 1. The third kappa shape index (κ3) is 3.41. The van der Waals surface area contributed by atoms with Crippen molar-refractivity contribution in [3.05, 3.63) is 0 Å². The minimum atomic E-state index is -1.02. The number of rotatable bonds is 4. The van der Waals surface area contributed by atoms with Crippen molar-refractivity contribution in [3.63, 3.8) is 0 Å². The van der Waals surface area contributed by atoms with Crippen molar-refractivity contribution in [1.82, 2.24) is 10.6 Å². The number of carbonyl (C=O) groups excluding carboxylic acids is 3. The van der Waals surface area contributed by atoms with Crippen molar-refractivity contribution in [3.8, 4) is 0 Å². The van der Waals surface area contributed by atoms with Gasteiger partial charge >= 0.3 is 12.0 Å². The second-order valence-corrected chi connectivity index (χ2v) is 8.06. The van der Waals surface area contributed by atoms with Gasteiger partial charge in [-0.2, -0.15) is 0 Å². The maximum absolute atomic E-state index is 12.3. The molecule has 0 heterocycles. The molecule has 2 unspecified atom stereocenters. The van der Waals surface area contributed by atoms with E-state index in [0.29, 0.717) is 18.3 Å². The van der Waals surface area contributed by atoms with E-state index in [9.17, 15) is 19.5 Å². The summed E-state index contributed by atoms with van der Waals surface area (Å²) in [4.78, 5) is 35.2. The summed E-state index contributed by atoms with van der Waals surface area (Å²) in [6.07, 6.45) is 4.65. The first-order valence-electron chi connectivity index (χ1n) is 8.67. The molecule has 7 nitrogen and oxygen atoms in total. The number of carbonyl (C=O) groups is 3. The van der Waals surface area contributed by atoms with Crippen LogP contribution in [0.1, 0.15) is 51.9 Å². The Bertz CT molecular complexity index is 547. The lowest BCUT2D eigenvalue weighted by Gasteiger charge is -2.60. The van der Waals surface area contributed by atoms with Crippen LogP contribution in [-0.2, 0) is 14.3 Å². The van der Waals surface area contributed by atoms with E-state index in [1.54, 1.807) is 0 Å². The Kier molecular flexibility index (Phi) is 4.32. The van der Waals surface area contributed by atoms with Crippen molar-refractivity contribution >= 4 is 17.9 Å². The van der Waals surface area contributed by atoms with Crippen molar-refractivity contribution in [1.29, 1.82) is 0 Å². The Hall–Kier alpha value is -1.63. The van der Waals surface area contributed by atoms with Gasteiger partial charge in [0.1, 0.15) is 0 Å². The minimum Gasteiger partial charge on any atom is -0.453 e. The Labute approximate surface area is 141 Å². The summed E-state index contributed by atoms with van der Waals surface area (Å²) in [6.45, 7) is 1.45. The molecule has 5 atom stereocenters. The summed E-state index contributed by atoms with van der Waals surface area (Å²) in [6, 6.07) is -0.633. The van der Waals surface area contributed by atoms with E-state index in [2.05, 4.69) is 10.6 Å². The van der Waals surface area contributed by atoms with Crippen LogP contribution < -0.4 is 10.6 Å². The predicted molar refractivity (Wildman–Crippen MR) is 84.8 cm³/mol. The van der Waals surface area contributed by atoms with Gasteiger partial charge in [-0.05, 0) is 62.7 Å². The average Bonchev–Trinajstić information content (AvgIpc) is 2.43. The smallest absolute Gasteiger partial charge is 0.321 e. The average molecular weight is 338 g/mol. The monoisotopic (exact) mass is 338 g/mol. The van der Waals surface area contributed by atoms with Crippen LogP contribution >= 0.6 is 0 Å². The molecule has 0 aromatic heterocycles. The highest BCUT2D eigenvalue weighted by molar-refractivity contribution is 5.97. The van der Waals surface area contributed by atoms with Gasteiger partial charge in [0, 0.05) is 7.05 Å². The van der Waals surface area contributed by atoms with Crippen LogP contribution in [0, 0.1) is 17.3 Å². The fraction of sp³-hybridized carbons (Fsp3) is 0.824. The summed E-state index contributed by atoms with van der Waals surface area (Å²) in [7, 11) is 1.40. The second kappa shape index (κ2) is 6.02. The number of aliphatic hydroxyl groups is 1. The molecule has 0 saturated heterocycles. The Morgan fingerprint density at radius 3 is 2.38 bits per heavy atom. The first kappa shape index (κ1) is 17.2. The number of imide groups is 1. The molecule has 7 heteroatoms. The van der Waals surface area contributed by atoms with E-state index < -0.39 is 29.6 Å². The largest absolute Gasteiger partial charge is 0.453 e. The Morgan fingerprint density at radius 1 is 1.21 bits per heavy atom. The molecule has 3 N–H and O–H groups in total. The molecule has 0 aromatic rings. The zero-order chi connectivity index (χ0) is 17.5. The summed E-state index contributed by atoms with van der Waals surface area (Å²) in [5.74, 6) is -0.0806.